The van der Waals surface area contributed by atoms with Gasteiger partial charge in [0.25, 0.3) is 0 Å². The lowest BCUT2D eigenvalue weighted by Gasteiger charge is -2.31. The normalized spacial score (nSPS) is 14.2. The number of Topliss-reactive ketones (excluding diaryl/α,β-unsaturated/α-hetero) is 2. The molecule has 1 aromatic rings. The van der Waals surface area contributed by atoms with E-state index in [4.69, 9.17) is 37.4 Å². The summed E-state index contributed by atoms with van der Waals surface area (Å²) in [6.45, 7) is 8.38. The Morgan fingerprint density at radius 1 is 1.00 bits per heavy atom. The topological polar surface area (TPSA) is 82.1 Å². The molecule has 0 saturated carbocycles. The number of methoxy groups -OCH3 is 2. The van der Waals surface area contributed by atoms with Crippen LogP contribution in [0.15, 0.2) is 59.6 Å². The first-order valence-corrected chi connectivity index (χ1v) is 12.2. The first-order valence-electron chi connectivity index (χ1n) is 11.1. The lowest BCUT2D eigenvalue weighted by molar-refractivity contribution is -0.136. The van der Waals surface area contributed by atoms with Crippen molar-refractivity contribution in [3.05, 3.63) is 59.6 Å². The van der Waals surface area contributed by atoms with E-state index in [9.17, 15) is 14.4 Å². The minimum absolute atomic E-state index is 0.144. The van der Waals surface area contributed by atoms with E-state index in [0.29, 0.717) is 30.6 Å². The second-order valence-electron chi connectivity index (χ2n) is 8.46. The molecule has 0 N–H and O–H groups in total. The number of allylic oxidation sites excluding steroid dienone is 3. The van der Waals surface area contributed by atoms with Crippen LogP contribution in [0.5, 0.6) is 5.75 Å². The van der Waals surface area contributed by atoms with E-state index in [-0.39, 0.29) is 35.5 Å². The molecule has 0 spiro atoms. The Labute approximate surface area is 216 Å². The first kappa shape index (κ1) is 28.5. The molecule has 7 nitrogen and oxygen atoms in total. The van der Waals surface area contributed by atoms with Crippen molar-refractivity contribution in [2.75, 3.05) is 44.0 Å². The van der Waals surface area contributed by atoms with Gasteiger partial charge in [0.15, 0.2) is 0 Å². The Morgan fingerprint density at radius 2 is 1.54 bits per heavy atom. The molecule has 190 valence electrons. The van der Waals surface area contributed by atoms with Crippen LogP contribution in [0.3, 0.4) is 0 Å². The van der Waals surface area contributed by atoms with Gasteiger partial charge in [-0.3, -0.25) is 14.4 Å². The van der Waals surface area contributed by atoms with Gasteiger partial charge in [0.1, 0.15) is 5.75 Å². The molecule has 0 aromatic heterocycles. The lowest BCUT2D eigenvalue weighted by atomic mass is 9.72. The highest BCUT2D eigenvalue weighted by Gasteiger charge is 2.43. The molecule has 1 aromatic carbocycles. The zero-order chi connectivity index (χ0) is 26.2. The zero-order valence-electron chi connectivity index (χ0n) is 20.5. The second-order valence-corrected chi connectivity index (χ2v) is 9.22. The highest BCUT2D eigenvalue weighted by atomic mass is 35.5. The fraction of sp³-hybridized carbons (Fsp3) is 0.423. The molecule has 0 radical (unpaired) electrons. The van der Waals surface area contributed by atoms with E-state index in [1.165, 1.54) is 20.3 Å². The number of hydrogen-bond donors (Lipinski definition) is 0. The standard InChI is InChI=1S/C26H31Cl2NO6/c1-6-7-19-21(23(32)25(34-5)24(33-4)22(19)31)26(2,3)16-20(30)35-18-10-8-17(9-11-18)29(14-12-27)15-13-28/h6,8-11H,1,7,12-16H2,2-5H3. The van der Waals surface area contributed by atoms with Crippen molar-refractivity contribution in [3.63, 3.8) is 0 Å². The number of ether oxygens (including phenoxy) is 3. The summed E-state index contributed by atoms with van der Waals surface area (Å²) in [6.07, 6.45) is 1.53. The first-order chi connectivity index (χ1) is 16.6. The van der Waals surface area contributed by atoms with Gasteiger partial charge in [-0.25, -0.2) is 0 Å². The fourth-order valence-electron chi connectivity index (χ4n) is 4.05. The molecule has 2 rings (SSSR count). The van der Waals surface area contributed by atoms with E-state index in [1.54, 1.807) is 26.0 Å². The van der Waals surface area contributed by atoms with Crippen LogP contribution >= 0.6 is 23.2 Å². The van der Waals surface area contributed by atoms with Crippen molar-refractivity contribution in [2.45, 2.75) is 26.7 Å². The molecule has 0 saturated heterocycles. The quantitative estimate of drug-likeness (QED) is 0.120. The Kier molecular flexibility index (Phi) is 10.4. The number of rotatable bonds is 13. The number of benzene rings is 1. The van der Waals surface area contributed by atoms with Crippen LogP contribution in [0.1, 0.15) is 26.7 Å². The van der Waals surface area contributed by atoms with Gasteiger partial charge in [-0.15, -0.1) is 29.8 Å². The van der Waals surface area contributed by atoms with E-state index >= 15 is 0 Å². The van der Waals surface area contributed by atoms with Crippen LogP contribution in [0.2, 0.25) is 0 Å². The number of anilines is 1. The van der Waals surface area contributed by atoms with Crippen molar-refractivity contribution >= 4 is 46.4 Å². The molecule has 0 aliphatic heterocycles. The minimum atomic E-state index is -1.03. The SMILES string of the molecule is C=CCC1=C(C(C)(C)CC(=O)Oc2ccc(N(CCCl)CCCl)cc2)C(=O)C(OC)=C(OC)C1=O. The molecule has 1 aliphatic carbocycles. The van der Waals surface area contributed by atoms with E-state index in [1.807, 2.05) is 17.0 Å². The highest BCUT2D eigenvalue weighted by Crippen LogP contribution is 2.40. The van der Waals surface area contributed by atoms with E-state index in [0.717, 1.165) is 5.69 Å². The third kappa shape index (κ3) is 6.67. The molecule has 0 unspecified atom stereocenters. The molecule has 0 bridgehead atoms. The number of carbonyl (C=O) groups excluding carboxylic acids is 3. The van der Waals surface area contributed by atoms with Gasteiger partial charge in [-0.2, -0.15) is 0 Å². The summed E-state index contributed by atoms with van der Waals surface area (Å²) in [5.41, 5.74) is 0.293. The number of esters is 1. The highest BCUT2D eigenvalue weighted by molar-refractivity contribution is 6.24. The van der Waals surface area contributed by atoms with Crippen molar-refractivity contribution < 1.29 is 28.6 Å². The van der Waals surface area contributed by atoms with Gasteiger partial charge in [0.05, 0.1) is 20.6 Å². The third-order valence-corrected chi connectivity index (χ3v) is 5.92. The average molecular weight is 524 g/mol. The molecule has 0 amide bonds. The van der Waals surface area contributed by atoms with Gasteiger partial charge >= 0.3 is 5.97 Å². The third-order valence-electron chi connectivity index (χ3n) is 5.58. The monoisotopic (exact) mass is 523 g/mol. The number of nitrogens with zero attached hydrogens (tertiary/aromatic N) is 1. The maximum absolute atomic E-state index is 13.3. The number of carbonyl (C=O) groups is 3. The maximum Gasteiger partial charge on any atom is 0.312 e. The molecule has 9 heteroatoms. The Balaban J connectivity index is 2.26. The number of alkyl halides is 2. The Hall–Kier alpha value is -2.77. The van der Waals surface area contributed by atoms with Crippen LogP contribution in [0.25, 0.3) is 0 Å². The minimum Gasteiger partial charge on any atom is -0.489 e. The molecule has 0 heterocycles. The number of halogens is 2. The summed E-state index contributed by atoms with van der Waals surface area (Å²) in [6, 6.07) is 7.01. The molecule has 0 atom stereocenters. The van der Waals surface area contributed by atoms with Crippen LogP contribution in [0, 0.1) is 5.41 Å². The summed E-state index contributed by atoms with van der Waals surface area (Å²) in [5.74, 6) is -0.580. The van der Waals surface area contributed by atoms with Gasteiger partial charge in [-0.05, 0) is 30.7 Å². The molecule has 0 fully saturated rings. The second kappa shape index (κ2) is 12.8. The van der Waals surface area contributed by atoms with Crippen LogP contribution < -0.4 is 9.64 Å². The van der Waals surface area contributed by atoms with Gasteiger partial charge in [0.2, 0.25) is 23.1 Å². The van der Waals surface area contributed by atoms with Gasteiger partial charge in [0, 0.05) is 47.1 Å². The van der Waals surface area contributed by atoms with Crippen LogP contribution in [0.4, 0.5) is 5.69 Å². The molecular formula is C26H31Cl2NO6. The maximum atomic E-state index is 13.3. The van der Waals surface area contributed by atoms with Crippen molar-refractivity contribution in [2.24, 2.45) is 5.41 Å². The van der Waals surface area contributed by atoms with Crippen molar-refractivity contribution in [1.29, 1.82) is 0 Å². The summed E-state index contributed by atoms with van der Waals surface area (Å²) in [5, 5.41) is 0. The van der Waals surface area contributed by atoms with Gasteiger partial charge in [-0.1, -0.05) is 19.9 Å². The number of hydrogen-bond acceptors (Lipinski definition) is 7. The zero-order valence-corrected chi connectivity index (χ0v) is 22.0. The summed E-state index contributed by atoms with van der Waals surface area (Å²) in [7, 11) is 2.59. The van der Waals surface area contributed by atoms with E-state index < -0.39 is 23.0 Å². The van der Waals surface area contributed by atoms with Crippen molar-refractivity contribution in [3.8, 4) is 5.75 Å². The lowest BCUT2D eigenvalue weighted by Crippen LogP contribution is -2.35. The Morgan fingerprint density at radius 3 is 2.03 bits per heavy atom. The number of ketones is 2. The fourth-order valence-corrected chi connectivity index (χ4v) is 4.46. The predicted octanol–water partition coefficient (Wildman–Crippen LogP) is 4.82. The van der Waals surface area contributed by atoms with Crippen LogP contribution in [-0.2, 0) is 23.9 Å². The molecule has 1 aliphatic rings. The average Bonchev–Trinajstić information content (AvgIpc) is 2.80. The predicted molar refractivity (Wildman–Crippen MR) is 137 cm³/mol. The van der Waals surface area contributed by atoms with E-state index in [2.05, 4.69) is 6.58 Å². The summed E-state index contributed by atoms with van der Waals surface area (Å²) >= 11 is 11.7. The summed E-state index contributed by atoms with van der Waals surface area (Å²) < 4.78 is 15.9. The molecule has 35 heavy (non-hydrogen) atoms. The van der Waals surface area contributed by atoms with Crippen LogP contribution in [-0.4, -0.2) is 56.6 Å². The largest absolute Gasteiger partial charge is 0.489 e. The van der Waals surface area contributed by atoms with Crippen molar-refractivity contribution in [1.82, 2.24) is 0 Å². The smallest absolute Gasteiger partial charge is 0.312 e. The van der Waals surface area contributed by atoms with Gasteiger partial charge < -0.3 is 19.1 Å². The summed E-state index contributed by atoms with van der Waals surface area (Å²) in [4.78, 5) is 41.2. The Bertz CT molecular complexity index is 1020. The molecular weight excluding hydrogens is 493 g/mol.